The summed E-state index contributed by atoms with van der Waals surface area (Å²) in [5.74, 6) is -0.469. The third kappa shape index (κ3) is 3.47. The van der Waals surface area contributed by atoms with Crippen LogP contribution in [-0.2, 0) is 11.3 Å². The Morgan fingerprint density at radius 1 is 1.56 bits per heavy atom. The highest BCUT2D eigenvalue weighted by Gasteiger charge is 2.11. The first-order valence-corrected chi connectivity index (χ1v) is 5.31. The zero-order valence-corrected chi connectivity index (χ0v) is 9.94. The van der Waals surface area contributed by atoms with E-state index in [0.717, 1.165) is 0 Å². The van der Waals surface area contributed by atoms with Gasteiger partial charge in [0.1, 0.15) is 5.82 Å². The molecule has 88 valence electrons. The van der Waals surface area contributed by atoms with E-state index in [2.05, 4.69) is 10.6 Å². The van der Waals surface area contributed by atoms with Crippen molar-refractivity contribution in [1.29, 1.82) is 0 Å². The summed E-state index contributed by atoms with van der Waals surface area (Å²) >= 11 is 5.75. The molecule has 0 aliphatic carbocycles. The molecule has 0 fully saturated rings. The minimum Gasteiger partial charge on any atom is -0.358 e. The Balaban J connectivity index is 2.60. The third-order valence-corrected chi connectivity index (χ3v) is 2.48. The number of hydrogen-bond acceptors (Lipinski definition) is 2. The average Bonchev–Trinajstić information content (AvgIpc) is 2.28. The SMILES string of the molecule is CNC(=O)[C@@H](C)NCc1cc(Cl)ccc1F. The summed E-state index contributed by atoms with van der Waals surface area (Å²) in [6, 6.07) is 3.97. The van der Waals surface area contributed by atoms with Gasteiger partial charge in [0.2, 0.25) is 5.91 Å². The molecular formula is C11H14ClFN2O. The number of carbonyl (C=O) groups excluding carboxylic acids is 1. The van der Waals surface area contributed by atoms with Crippen LogP contribution < -0.4 is 10.6 Å². The molecule has 0 aromatic heterocycles. The Labute approximate surface area is 99.0 Å². The molecule has 5 heteroatoms. The second kappa shape index (κ2) is 5.82. The lowest BCUT2D eigenvalue weighted by Gasteiger charge is -2.12. The fraction of sp³-hybridized carbons (Fsp3) is 0.364. The van der Waals surface area contributed by atoms with Gasteiger partial charge in [0.25, 0.3) is 0 Å². The third-order valence-electron chi connectivity index (χ3n) is 2.25. The Morgan fingerprint density at radius 2 is 2.25 bits per heavy atom. The van der Waals surface area contributed by atoms with Crippen molar-refractivity contribution in [1.82, 2.24) is 10.6 Å². The Morgan fingerprint density at radius 3 is 2.88 bits per heavy atom. The standard InChI is InChI=1S/C11H14ClFN2O/c1-7(11(16)14-2)15-6-8-5-9(12)3-4-10(8)13/h3-5,7,15H,6H2,1-2H3,(H,14,16)/t7-/m1/s1. The van der Waals surface area contributed by atoms with Gasteiger partial charge in [-0.15, -0.1) is 0 Å². The first-order chi connectivity index (χ1) is 7.54. The average molecular weight is 245 g/mol. The summed E-state index contributed by atoms with van der Waals surface area (Å²) in [5.41, 5.74) is 0.447. The topological polar surface area (TPSA) is 41.1 Å². The van der Waals surface area contributed by atoms with Crippen LogP contribution in [0.2, 0.25) is 5.02 Å². The van der Waals surface area contributed by atoms with Crippen molar-refractivity contribution in [3.8, 4) is 0 Å². The van der Waals surface area contributed by atoms with Crippen LogP contribution in [0.4, 0.5) is 4.39 Å². The van der Waals surface area contributed by atoms with Crippen molar-refractivity contribution >= 4 is 17.5 Å². The monoisotopic (exact) mass is 244 g/mol. The molecule has 1 aromatic carbocycles. The molecule has 1 aromatic rings. The van der Waals surface area contributed by atoms with Gasteiger partial charge in [-0.3, -0.25) is 4.79 Å². The highest BCUT2D eigenvalue weighted by Crippen LogP contribution is 2.14. The van der Waals surface area contributed by atoms with Crippen LogP contribution in [-0.4, -0.2) is 19.0 Å². The molecule has 16 heavy (non-hydrogen) atoms. The number of halogens is 2. The fourth-order valence-electron chi connectivity index (χ4n) is 1.25. The Bertz CT molecular complexity index is 384. The van der Waals surface area contributed by atoms with Crippen LogP contribution in [0.15, 0.2) is 18.2 Å². The smallest absolute Gasteiger partial charge is 0.236 e. The summed E-state index contributed by atoms with van der Waals surface area (Å²) in [6.07, 6.45) is 0. The van der Waals surface area contributed by atoms with Gasteiger partial charge in [-0.2, -0.15) is 0 Å². The molecule has 2 N–H and O–H groups in total. The highest BCUT2D eigenvalue weighted by molar-refractivity contribution is 6.30. The van der Waals surface area contributed by atoms with Crippen molar-refractivity contribution in [3.63, 3.8) is 0 Å². The molecule has 0 aliphatic rings. The van der Waals surface area contributed by atoms with Crippen molar-refractivity contribution in [2.75, 3.05) is 7.05 Å². The molecule has 1 atom stereocenters. The van der Waals surface area contributed by atoms with Gasteiger partial charge in [0.15, 0.2) is 0 Å². The second-order valence-corrected chi connectivity index (χ2v) is 3.89. The minimum atomic E-state index is -0.372. The first-order valence-electron chi connectivity index (χ1n) is 4.93. The molecular weight excluding hydrogens is 231 g/mol. The number of hydrogen-bond donors (Lipinski definition) is 2. The second-order valence-electron chi connectivity index (χ2n) is 3.45. The van der Waals surface area contributed by atoms with E-state index in [1.165, 1.54) is 12.1 Å². The zero-order chi connectivity index (χ0) is 12.1. The number of amides is 1. The molecule has 1 amide bonds. The summed E-state index contributed by atoms with van der Waals surface area (Å²) in [4.78, 5) is 11.2. The maximum atomic E-state index is 13.3. The van der Waals surface area contributed by atoms with Gasteiger partial charge in [-0.05, 0) is 25.1 Å². The van der Waals surface area contributed by atoms with E-state index < -0.39 is 0 Å². The van der Waals surface area contributed by atoms with E-state index >= 15 is 0 Å². The molecule has 0 unspecified atom stereocenters. The normalized spacial score (nSPS) is 12.2. The summed E-state index contributed by atoms with van der Waals surface area (Å²) in [7, 11) is 1.56. The predicted octanol–water partition coefficient (Wildman–Crippen LogP) is 1.70. The van der Waals surface area contributed by atoms with Crippen LogP contribution in [0.5, 0.6) is 0 Å². The van der Waals surface area contributed by atoms with Gasteiger partial charge in [0.05, 0.1) is 6.04 Å². The summed E-state index contributed by atoms with van der Waals surface area (Å²) in [5, 5.41) is 5.89. The molecule has 0 saturated carbocycles. The van der Waals surface area contributed by atoms with Gasteiger partial charge in [-0.25, -0.2) is 4.39 Å². The van der Waals surface area contributed by atoms with Crippen LogP contribution in [0.3, 0.4) is 0 Å². The largest absolute Gasteiger partial charge is 0.358 e. The Kier molecular flexibility index (Phi) is 4.71. The van der Waals surface area contributed by atoms with Gasteiger partial charge >= 0.3 is 0 Å². The number of nitrogens with one attached hydrogen (secondary N) is 2. The lowest BCUT2D eigenvalue weighted by Crippen LogP contribution is -2.40. The zero-order valence-electron chi connectivity index (χ0n) is 9.18. The molecule has 0 bridgehead atoms. The molecule has 0 aliphatic heterocycles. The van der Waals surface area contributed by atoms with E-state index in [-0.39, 0.29) is 24.3 Å². The lowest BCUT2D eigenvalue weighted by molar-refractivity contribution is -0.122. The highest BCUT2D eigenvalue weighted by atomic mass is 35.5. The fourth-order valence-corrected chi connectivity index (χ4v) is 1.45. The predicted molar refractivity (Wildman–Crippen MR) is 61.8 cm³/mol. The maximum absolute atomic E-state index is 13.3. The molecule has 0 heterocycles. The van der Waals surface area contributed by atoms with Gasteiger partial charge in [-0.1, -0.05) is 11.6 Å². The summed E-state index contributed by atoms with van der Waals surface area (Å²) < 4.78 is 13.3. The van der Waals surface area contributed by atoms with Crippen molar-refractivity contribution in [3.05, 3.63) is 34.6 Å². The van der Waals surface area contributed by atoms with Gasteiger partial charge < -0.3 is 10.6 Å². The maximum Gasteiger partial charge on any atom is 0.236 e. The summed E-state index contributed by atoms with van der Waals surface area (Å²) in [6.45, 7) is 1.97. The number of carbonyl (C=O) groups is 1. The molecule has 1 rings (SSSR count). The Hall–Kier alpha value is -1.13. The van der Waals surface area contributed by atoms with Crippen molar-refractivity contribution in [2.24, 2.45) is 0 Å². The van der Waals surface area contributed by atoms with Gasteiger partial charge in [0, 0.05) is 24.2 Å². The van der Waals surface area contributed by atoms with Crippen molar-refractivity contribution < 1.29 is 9.18 Å². The lowest BCUT2D eigenvalue weighted by atomic mass is 10.2. The molecule has 0 spiro atoms. The van der Waals surface area contributed by atoms with E-state index in [9.17, 15) is 9.18 Å². The van der Waals surface area contributed by atoms with Crippen LogP contribution in [0.1, 0.15) is 12.5 Å². The number of rotatable bonds is 4. The quantitative estimate of drug-likeness (QED) is 0.847. The van der Waals surface area contributed by atoms with E-state index in [1.54, 1.807) is 20.0 Å². The minimum absolute atomic E-state index is 0.137. The van der Waals surface area contributed by atoms with E-state index in [0.29, 0.717) is 10.6 Å². The van der Waals surface area contributed by atoms with E-state index in [4.69, 9.17) is 11.6 Å². The van der Waals surface area contributed by atoms with Crippen LogP contribution in [0.25, 0.3) is 0 Å². The van der Waals surface area contributed by atoms with Crippen LogP contribution in [0, 0.1) is 5.82 Å². The number of likely N-dealkylation sites (N-methyl/N-ethyl adjacent to an activating group) is 1. The molecule has 0 saturated heterocycles. The van der Waals surface area contributed by atoms with Crippen molar-refractivity contribution in [2.45, 2.75) is 19.5 Å². The molecule has 0 radical (unpaired) electrons. The first kappa shape index (κ1) is 12.9. The number of benzene rings is 1. The molecule has 3 nitrogen and oxygen atoms in total. The van der Waals surface area contributed by atoms with Crippen LogP contribution >= 0.6 is 11.6 Å². The van der Waals surface area contributed by atoms with E-state index in [1.807, 2.05) is 0 Å².